The second kappa shape index (κ2) is 4.72. The normalized spacial score (nSPS) is 10.9. The van der Waals surface area contributed by atoms with Gasteiger partial charge in [0.1, 0.15) is 4.83 Å². The van der Waals surface area contributed by atoms with E-state index in [2.05, 4.69) is 16.5 Å². The summed E-state index contributed by atoms with van der Waals surface area (Å²) in [5.74, 6) is 0. The lowest BCUT2D eigenvalue weighted by atomic mass is 10.0. The Bertz CT molecular complexity index is 803. The first kappa shape index (κ1) is 12.8. The Labute approximate surface area is 121 Å². The van der Waals surface area contributed by atoms with Crippen molar-refractivity contribution in [1.29, 1.82) is 0 Å². The standard InChI is InChI=1S/C16H15N3S/c1-9(2)13-7-12(11-5-4-6-18-8-11)14-15(17)10(3)20-16(14)19-13/h4-8H,1,17H2,2-3H3. The molecule has 0 bridgehead atoms. The van der Waals surface area contributed by atoms with E-state index in [1.54, 1.807) is 17.5 Å². The van der Waals surface area contributed by atoms with Crippen molar-refractivity contribution < 1.29 is 0 Å². The molecule has 0 fully saturated rings. The molecule has 3 nitrogen and oxygen atoms in total. The minimum atomic E-state index is 0.810. The predicted octanol–water partition coefficient (Wildman–Crippen LogP) is 4.28. The maximum absolute atomic E-state index is 6.23. The fraction of sp³-hybridized carbons (Fsp3) is 0.125. The molecule has 0 aliphatic heterocycles. The minimum absolute atomic E-state index is 0.810. The van der Waals surface area contributed by atoms with Crippen LogP contribution in [-0.4, -0.2) is 9.97 Å². The van der Waals surface area contributed by atoms with Crippen molar-refractivity contribution in [2.45, 2.75) is 13.8 Å². The summed E-state index contributed by atoms with van der Waals surface area (Å²) in [7, 11) is 0. The Morgan fingerprint density at radius 3 is 2.85 bits per heavy atom. The number of allylic oxidation sites excluding steroid dienone is 1. The van der Waals surface area contributed by atoms with Gasteiger partial charge in [0.15, 0.2) is 0 Å². The molecule has 0 saturated heterocycles. The van der Waals surface area contributed by atoms with Crippen molar-refractivity contribution >= 4 is 32.8 Å². The van der Waals surface area contributed by atoms with Crippen molar-refractivity contribution in [3.05, 3.63) is 47.7 Å². The van der Waals surface area contributed by atoms with Crippen molar-refractivity contribution in [2.75, 3.05) is 5.73 Å². The quantitative estimate of drug-likeness (QED) is 0.762. The maximum atomic E-state index is 6.23. The molecule has 0 unspecified atom stereocenters. The molecule has 0 spiro atoms. The van der Waals surface area contributed by atoms with E-state index in [1.807, 2.05) is 38.2 Å². The highest BCUT2D eigenvalue weighted by Gasteiger charge is 2.15. The molecule has 0 aliphatic carbocycles. The lowest BCUT2D eigenvalue weighted by Gasteiger charge is -2.07. The van der Waals surface area contributed by atoms with Crippen LogP contribution in [0, 0.1) is 6.92 Å². The Kier molecular flexibility index (Phi) is 3.03. The van der Waals surface area contributed by atoms with Gasteiger partial charge in [0.25, 0.3) is 0 Å². The molecule has 0 aromatic carbocycles. The SMILES string of the molecule is C=C(C)c1cc(-c2cccnc2)c2c(N)c(C)sc2n1. The fourth-order valence-corrected chi connectivity index (χ4v) is 3.17. The summed E-state index contributed by atoms with van der Waals surface area (Å²) in [6, 6.07) is 6.01. The number of anilines is 1. The maximum Gasteiger partial charge on any atom is 0.126 e. The number of thiophene rings is 1. The second-order valence-corrected chi connectivity index (χ2v) is 6.03. The summed E-state index contributed by atoms with van der Waals surface area (Å²) >= 11 is 1.62. The molecule has 2 N–H and O–H groups in total. The van der Waals surface area contributed by atoms with Gasteiger partial charge < -0.3 is 5.73 Å². The first-order valence-corrected chi connectivity index (χ1v) is 7.15. The zero-order chi connectivity index (χ0) is 14.3. The van der Waals surface area contributed by atoms with Gasteiger partial charge >= 0.3 is 0 Å². The molecule has 0 atom stereocenters. The van der Waals surface area contributed by atoms with Crippen LogP contribution in [-0.2, 0) is 0 Å². The van der Waals surface area contributed by atoms with Gasteiger partial charge in [-0.2, -0.15) is 0 Å². The molecule has 3 aromatic heterocycles. The van der Waals surface area contributed by atoms with Gasteiger partial charge in [0.2, 0.25) is 0 Å². The highest BCUT2D eigenvalue weighted by Crippen LogP contribution is 2.39. The van der Waals surface area contributed by atoms with Gasteiger partial charge in [0, 0.05) is 28.2 Å². The Morgan fingerprint density at radius 1 is 1.40 bits per heavy atom. The van der Waals surface area contributed by atoms with Crippen LogP contribution in [0.4, 0.5) is 5.69 Å². The largest absolute Gasteiger partial charge is 0.397 e. The van der Waals surface area contributed by atoms with Gasteiger partial charge in [-0.25, -0.2) is 4.98 Å². The molecule has 3 heterocycles. The lowest BCUT2D eigenvalue weighted by molar-refractivity contribution is 1.32. The summed E-state index contributed by atoms with van der Waals surface area (Å²) in [5.41, 5.74) is 11.0. The molecule has 0 radical (unpaired) electrons. The average molecular weight is 281 g/mol. The minimum Gasteiger partial charge on any atom is -0.397 e. The molecule has 4 heteroatoms. The number of aromatic nitrogens is 2. The third kappa shape index (κ3) is 1.98. The molecular weight excluding hydrogens is 266 g/mol. The van der Waals surface area contributed by atoms with Crippen molar-refractivity contribution in [1.82, 2.24) is 9.97 Å². The van der Waals surface area contributed by atoms with E-state index in [1.165, 1.54) is 0 Å². The third-order valence-electron chi connectivity index (χ3n) is 3.29. The molecule has 3 rings (SSSR count). The number of hydrogen-bond acceptors (Lipinski definition) is 4. The first-order valence-electron chi connectivity index (χ1n) is 6.34. The first-order chi connectivity index (χ1) is 9.58. The highest BCUT2D eigenvalue weighted by atomic mass is 32.1. The molecule has 0 amide bonds. The van der Waals surface area contributed by atoms with Gasteiger partial charge in [-0.05, 0) is 37.1 Å². The number of nitrogens with two attached hydrogens (primary N) is 1. The monoisotopic (exact) mass is 281 g/mol. The van der Waals surface area contributed by atoms with E-state index in [9.17, 15) is 0 Å². The number of aryl methyl sites for hydroxylation is 1. The molecule has 0 saturated carbocycles. The number of pyridine rings is 2. The molecule has 20 heavy (non-hydrogen) atoms. The van der Waals surface area contributed by atoms with Crippen molar-refractivity contribution in [2.24, 2.45) is 0 Å². The van der Waals surface area contributed by atoms with E-state index in [0.29, 0.717) is 0 Å². The van der Waals surface area contributed by atoms with Crippen LogP contribution in [0.5, 0.6) is 0 Å². The Balaban J connectivity index is 2.41. The summed E-state index contributed by atoms with van der Waals surface area (Å²) in [5, 5.41) is 1.02. The van der Waals surface area contributed by atoms with Crippen molar-refractivity contribution in [3.63, 3.8) is 0 Å². The van der Waals surface area contributed by atoms with E-state index >= 15 is 0 Å². The van der Waals surface area contributed by atoms with Crippen LogP contribution in [0.3, 0.4) is 0 Å². The fourth-order valence-electron chi connectivity index (χ4n) is 2.20. The number of nitrogen functional groups attached to an aromatic ring is 1. The van der Waals surface area contributed by atoms with E-state index < -0.39 is 0 Å². The molecular formula is C16H15N3S. The predicted molar refractivity (Wildman–Crippen MR) is 86.7 cm³/mol. The summed E-state index contributed by atoms with van der Waals surface area (Å²) < 4.78 is 0. The van der Waals surface area contributed by atoms with Crippen LogP contribution >= 0.6 is 11.3 Å². The number of rotatable bonds is 2. The number of nitrogens with zero attached hydrogens (tertiary/aromatic N) is 2. The topological polar surface area (TPSA) is 51.8 Å². The molecule has 3 aromatic rings. The van der Waals surface area contributed by atoms with Gasteiger partial charge in [-0.3, -0.25) is 4.98 Å². The van der Waals surface area contributed by atoms with Crippen LogP contribution in [0.1, 0.15) is 17.5 Å². The zero-order valence-electron chi connectivity index (χ0n) is 11.5. The molecule has 0 aliphatic rings. The summed E-state index contributed by atoms with van der Waals surface area (Å²) in [6.07, 6.45) is 3.62. The van der Waals surface area contributed by atoms with Crippen LogP contribution < -0.4 is 5.73 Å². The summed E-state index contributed by atoms with van der Waals surface area (Å²) in [4.78, 5) is 10.9. The van der Waals surface area contributed by atoms with E-state index in [-0.39, 0.29) is 0 Å². The Hall–Kier alpha value is -2.20. The molecule has 100 valence electrons. The average Bonchev–Trinajstić information content (AvgIpc) is 2.74. The number of fused-ring (bicyclic) bond motifs is 1. The van der Waals surface area contributed by atoms with Crippen molar-refractivity contribution in [3.8, 4) is 11.1 Å². The highest BCUT2D eigenvalue weighted by molar-refractivity contribution is 7.19. The van der Waals surface area contributed by atoms with Gasteiger partial charge in [0.05, 0.1) is 11.4 Å². The smallest absolute Gasteiger partial charge is 0.126 e. The second-order valence-electron chi connectivity index (χ2n) is 4.83. The summed E-state index contributed by atoms with van der Waals surface area (Å²) in [6.45, 7) is 7.98. The van der Waals surface area contributed by atoms with E-state index in [0.717, 1.165) is 43.2 Å². The van der Waals surface area contributed by atoms with Gasteiger partial charge in [-0.1, -0.05) is 12.6 Å². The van der Waals surface area contributed by atoms with Gasteiger partial charge in [-0.15, -0.1) is 11.3 Å². The Morgan fingerprint density at radius 2 is 2.20 bits per heavy atom. The van der Waals surface area contributed by atoms with E-state index in [4.69, 9.17) is 5.73 Å². The lowest BCUT2D eigenvalue weighted by Crippen LogP contribution is -1.92. The van der Waals surface area contributed by atoms with Crippen LogP contribution in [0.15, 0.2) is 37.2 Å². The zero-order valence-corrected chi connectivity index (χ0v) is 12.3. The van der Waals surface area contributed by atoms with Crippen LogP contribution in [0.25, 0.3) is 26.9 Å². The number of hydrogen-bond donors (Lipinski definition) is 1. The van der Waals surface area contributed by atoms with Crippen LogP contribution in [0.2, 0.25) is 0 Å². The third-order valence-corrected chi connectivity index (χ3v) is 4.31.